The number of hydrogen-bond donors (Lipinski definition) is 0. The highest BCUT2D eigenvalue weighted by Gasteiger charge is 2.35. The van der Waals surface area contributed by atoms with Crippen LogP contribution in [-0.4, -0.2) is 23.2 Å². The first-order valence-electron chi connectivity index (χ1n) is 5.02. The first-order chi connectivity index (χ1) is 8.93. The van der Waals surface area contributed by atoms with E-state index in [1.165, 1.54) is 18.2 Å². The van der Waals surface area contributed by atoms with E-state index in [0.29, 0.717) is 0 Å². The maximum absolute atomic E-state index is 12.8. The van der Waals surface area contributed by atoms with Crippen molar-refractivity contribution in [1.82, 2.24) is 10.1 Å². The summed E-state index contributed by atoms with van der Waals surface area (Å²) in [5, 5.41) is 3.26. The van der Waals surface area contributed by atoms with Crippen molar-refractivity contribution in [2.45, 2.75) is 6.18 Å². The van der Waals surface area contributed by atoms with Gasteiger partial charge in [-0.3, -0.25) is 0 Å². The van der Waals surface area contributed by atoms with E-state index >= 15 is 0 Å². The lowest BCUT2D eigenvalue weighted by molar-refractivity contribution is -0.137. The normalized spacial score (nSPS) is 11.4. The lowest BCUT2D eigenvalue weighted by atomic mass is 10.1. The zero-order chi connectivity index (χ0) is 14.0. The second-order valence-corrected chi connectivity index (χ2v) is 3.46. The maximum atomic E-state index is 12.8. The number of carbonyl (C=O) groups excluding carboxylic acids is 1. The number of ether oxygens (including phenoxy) is 1. The summed E-state index contributed by atoms with van der Waals surface area (Å²) < 4.78 is 47.3. The van der Waals surface area contributed by atoms with E-state index in [1.807, 2.05) is 0 Å². The van der Waals surface area contributed by atoms with Crippen LogP contribution in [0.3, 0.4) is 0 Å². The number of hydrogen-bond acceptors (Lipinski definition) is 5. The van der Waals surface area contributed by atoms with Crippen LogP contribution in [0.2, 0.25) is 0 Å². The van der Waals surface area contributed by atoms with E-state index in [2.05, 4.69) is 19.4 Å². The predicted molar refractivity (Wildman–Crippen MR) is 56.1 cm³/mol. The number of benzene rings is 1. The van der Waals surface area contributed by atoms with Crippen LogP contribution in [0.15, 0.2) is 28.8 Å². The number of esters is 1. The summed E-state index contributed by atoms with van der Waals surface area (Å²) in [5.41, 5.74) is -1.22. The molecule has 0 saturated heterocycles. The van der Waals surface area contributed by atoms with Gasteiger partial charge in [0.25, 0.3) is 11.7 Å². The lowest BCUT2D eigenvalue weighted by Gasteiger charge is -2.09. The molecule has 0 aliphatic carbocycles. The summed E-state index contributed by atoms with van der Waals surface area (Å²) in [7, 11) is 1.10. The molecule has 1 heterocycles. The topological polar surface area (TPSA) is 65.2 Å². The van der Waals surface area contributed by atoms with E-state index in [0.717, 1.165) is 13.2 Å². The summed E-state index contributed by atoms with van der Waals surface area (Å²) in [6.45, 7) is 0. The van der Waals surface area contributed by atoms with Gasteiger partial charge in [0.15, 0.2) is 0 Å². The van der Waals surface area contributed by atoms with Crippen molar-refractivity contribution >= 4 is 5.97 Å². The second-order valence-electron chi connectivity index (χ2n) is 3.46. The van der Waals surface area contributed by atoms with Crippen molar-refractivity contribution in [1.29, 1.82) is 0 Å². The van der Waals surface area contributed by atoms with Gasteiger partial charge in [0.05, 0.1) is 18.2 Å². The maximum Gasteiger partial charge on any atom is 0.417 e. The minimum absolute atomic E-state index is 0.294. The molecule has 0 aliphatic rings. The van der Waals surface area contributed by atoms with Gasteiger partial charge in [0, 0.05) is 0 Å². The Kier molecular flexibility index (Phi) is 3.24. The van der Waals surface area contributed by atoms with Gasteiger partial charge in [-0.2, -0.15) is 18.2 Å². The average Bonchev–Trinajstić information content (AvgIpc) is 2.86. The van der Waals surface area contributed by atoms with E-state index in [1.54, 1.807) is 0 Å². The number of rotatable bonds is 2. The molecule has 100 valence electrons. The number of carbonyl (C=O) groups is 1. The molecule has 0 N–H and O–H groups in total. The SMILES string of the molecule is COC(=O)c1noc(-c2ccccc2C(F)(F)F)n1. The number of aromatic nitrogens is 2. The highest BCUT2D eigenvalue weighted by Crippen LogP contribution is 2.36. The molecule has 0 radical (unpaired) electrons. The van der Waals surface area contributed by atoms with E-state index in [4.69, 9.17) is 0 Å². The predicted octanol–water partition coefficient (Wildman–Crippen LogP) is 2.54. The van der Waals surface area contributed by atoms with Gasteiger partial charge < -0.3 is 9.26 Å². The zero-order valence-electron chi connectivity index (χ0n) is 9.56. The number of alkyl halides is 3. The first kappa shape index (κ1) is 13.1. The fourth-order valence-corrected chi connectivity index (χ4v) is 1.42. The third kappa shape index (κ3) is 2.56. The van der Waals surface area contributed by atoms with Crippen LogP contribution >= 0.6 is 0 Å². The molecule has 2 aromatic rings. The van der Waals surface area contributed by atoms with Gasteiger partial charge >= 0.3 is 12.1 Å². The van der Waals surface area contributed by atoms with Gasteiger partial charge in [0.2, 0.25) is 0 Å². The number of halogens is 3. The van der Waals surface area contributed by atoms with Crippen molar-refractivity contribution in [2.24, 2.45) is 0 Å². The van der Waals surface area contributed by atoms with E-state index in [9.17, 15) is 18.0 Å². The first-order valence-corrected chi connectivity index (χ1v) is 5.02. The molecule has 8 heteroatoms. The van der Waals surface area contributed by atoms with Crippen molar-refractivity contribution in [3.8, 4) is 11.5 Å². The standard InChI is InChI=1S/C11H7F3N2O3/c1-18-10(17)8-15-9(19-16-8)6-4-2-3-5-7(6)11(12,13)14/h2-5H,1H3. The molecule has 0 fully saturated rings. The molecule has 1 aromatic heterocycles. The Morgan fingerprint density at radius 2 is 2.00 bits per heavy atom. The summed E-state index contributed by atoms with van der Waals surface area (Å²) in [5.74, 6) is -1.72. The lowest BCUT2D eigenvalue weighted by Crippen LogP contribution is -2.07. The van der Waals surface area contributed by atoms with Crippen LogP contribution in [0.5, 0.6) is 0 Å². The summed E-state index contributed by atoms with van der Waals surface area (Å²) >= 11 is 0. The molecule has 0 spiro atoms. The van der Waals surface area contributed by atoms with Crippen LogP contribution in [0.1, 0.15) is 16.2 Å². The van der Waals surface area contributed by atoms with Crippen molar-refractivity contribution in [2.75, 3.05) is 7.11 Å². The molecule has 0 bridgehead atoms. The molecule has 2 rings (SSSR count). The van der Waals surface area contributed by atoms with Crippen molar-refractivity contribution < 1.29 is 27.2 Å². The Morgan fingerprint density at radius 3 is 2.63 bits per heavy atom. The minimum atomic E-state index is -4.56. The van der Waals surface area contributed by atoms with Crippen LogP contribution in [0, 0.1) is 0 Å². The third-order valence-electron chi connectivity index (χ3n) is 2.26. The van der Waals surface area contributed by atoms with Crippen molar-refractivity contribution in [3.05, 3.63) is 35.7 Å². The second kappa shape index (κ2) is 4.71. The van der Waals surface area contributed by atoms with Crippen LogP contribution < -0.4 is 0 Å². The van der Waals surface area contributed by atoms with Gasteiger partial charge in [-0.15, -0.1) is 0 Å². The number of nitrogens with zero attached hydrogens (tertiary/aromatic N) is 2. The van der Waals surface area contributed by atoms with E-state index in [-0.39, 0.29) is 5.56 Å². The Labute approximate surface area is 105 Å². The van der Waals surface area contributed by atoms with Gasteiger partial charge in [-0.05, 0) is 17.3 Å². The van der Waals surface area contributed by atoms with Crippen molar-refractivity contribution in [3.63, 3.8) is 0 Å². The largest absolute Gasteiger partial charge is 0.463 e. The highest BCUT2D eigenvalue weighted by molar-refractivity contribution is 5.85. The van der Waals surface area contributed by atoms with Crippen LogP contribution in [0.4, 0.5) is 13.2 Å². The molecule has 0 unspecified atom stereocenters. The van der Waals surface area contributed by atoms with Gasteiger partial charge in [0.1, 0.15) is 0 Å². The molecule has 0 aliphatic heterocycles. The Hall–Kier alpha value is -2.38. The molecule has 0 atom stereocenters. The fourth-order valence-electron chi connectivity index (χ4n) is 1.42. The molecule has 5 nitrogen and oxygen atoms in total. The quantitative estimate of drug-likeness (QED) is 0.786. The zero-order valence-corrected chi connectivity index (χ0v) is 9.56. The van der Waals surface area contributed by atoms with Gasteiger partial charge in [-0.25, -0.2) is 4.79 Å². The number of methoxy groups -OCH3 is 1. The smallest absolute Gasteiger partial charge is 0.417 e. The fraction of sp³-hybridized carbons (Fsp3) is 0.182. The highest BCUT2D eigenvalue weighted by atomic mass is 19.4. The Morgan fingerprint density at radius 1 is 1.32 bits per heavy atom. The molecule has 0 amide bonds. The van der Waals surface area contributed by atoms with Gasteiger partial charge in [-0.1, -0.05) is 12.1 Å². The summed E-state index contributed by atoms with van der Waals surface area (Å²) in [6.07, 6.45) is -4.56. The Bertz CT molecular complexity index is 607. The van der Waals surface area contributed by atoms with Crippen LogP contribution in [0.25, 0.3) is 11.5 Å². The molecular formula is C11H7F3N2O3. The molecule has 0 saturated carbocycles. The molecular weight excluding hydrogens is 265 g/mol. The monoisotopic (exact) mass is 272 g/mol. The summed E-state index contributed by atoms with van der Waals surface area (Å²) in [4.78, 5) is 14.7. The van der Waals surface area contributed by atoms with E-state index < -0.39 is 29.4 Å². The third-order valence-corrected chi connectivity index (χ3v) is 2.26. The Balaban J connectivity index is 2.48. The van der Waals surface area contributed by atoms with Crippen LogP contribution in [-0.2, 0) is 10.9 Å². The molecule has 19 heavy (non-hydrogen) atoms. The summed E-state index contributed by atoms with van der Waals surface area (Å²) in [6, 6.07) is 4.70. The minimum Gasteiger partial charge on any atom is -0.463 e. The molecule has 1 aromatic carbocycles. The average molecular weight is 272 g/mol.